The smallest absolute Gasteiger partial charge is 0.305 e. The minimum absolute atomic E-state index is 0.150. The molecule has 0 radical (unpaired) electrons. The normalized spacial score (nSPS) is 10.0. The quantitative estimate of drug-likeness (QED) is 0.570. The zero-order valence-electron chi connectivity index (χ0n) is 8.83. The molecule has 0 aromatic heterocycles. The highest BCUT2D eigenvalue weighted by Gasteiger charge is 2.00. The number of carbonyl (C=O) groups excluding carboxylic acids is 1. The average molecular weight is 227 g/mol. The number of esters is 1. The van der Waals surface area contributed by atoms with Gasteiger partial charge in [-0.2, -0.15) is 0 Å². The van der Waals surface area contributed by atoms with E-state index in [1.807, 2.05) is 18.2 Å². The molecule has 0 spiro atoms. The van der Waals surface area contributed by atoms with Gasteiger partial charge in [0, 0.05) is 12.3 Å². The van der Waals surface area contributed by atoms with Crippen LogP contribution in [0.5, 0.6) is 0 Å². The molecular formula is C12H15ClO2. The Bertz CT molecular complexity index is 323. The van der Waals surface area contributed by atoms with Gasteiger partial charge >= 0.3 is 5.97 Å². The third kappa shape index (κ3) is 4.34. The largest absolute Gasteiger partial charge is 0.469 e. The molecule has 0 bridgehead atoms. The molecule has 0 fully saturated rings. The van der Waals surface area contributed by atoms with Crippen molar-refractivity contribution in [2.24, 2.45) is 0 Å². The second-order valence-electron chi connectivity index (χ2n) is 3.38. The van der Waals surface area contributed by atoms with Gasteiger partial charge in [-0.25, -0.2) is 0 Å². The maximum absolute atomic E-state index is 10.9. The van der Waals surface area contributed by atoms with Gasteiger partial charge < -0.3 is 4.74 Å². The molecule has 1 aromatic rings. The lowest BCUT2D eigenvalue weighted by Crippen LogP contribution is -2.00. The van der Waals surface area contributed by atoms with Crippen molar-refractivity contribution in [2.45, 2.75) is 25.1 Å². The van der Waals surface area contributed by atoms with Crippen molar-refractivity contribution in [1.82, 2.24) is 0 Å². The first-order valence-corrected chi connectivity index (χ1v) is 5.50. The van der Waals surface area contributed by atoms with Gasteiger partial charge in [0.1, 0.15) is 0 Å². The SMILES string of the molecule is COC(=O)CCCc1cccc(CCl)c1. The zero-order chi connectivity index (χ0) is 11.1. The van der Waals surface area contributed by atoms with Crippen LogP contribution < -0.4 is 0 Å². The maximum atomic E-state index is 10.9. The number of hydrogen-bond donors (Lipinski definition) is 0. The van der Waals surface area contributed by atoms with Gasteiger partial charge in [-0.1, -0.05) is 24.3 Å². The summed E-state index contributed by atoms with van der Waals surface area (Å²) in [4.78, 5) is 10.9. The zero-order valence-corrected chi connectivity index (χ0v) is 9.59. The van der Waals surface area contributed by atoms with E-state index in [-0.39, 0.29) is 5.97 Å². The summed E-state index contributed by atoms with van der Waals surface area (Å²) in [5, 5.41) is 0. The van der Waals surface area contributed by atoms with E-state index < -0.39 is 0 Å². The molecule has 0 heterocycles. The Hall–Kier alpha value is -1.02. The summed E-state index contributed by atoms with van der Waals surface area (Å²) in [6.07, 6.45) is 2.18. The molecular weight excluding hydrogens is 212 g/mol. The molecule has 3 heteroatoms. The topological polar surface area (TPSA) is 26.3 Å². The van der Waals surface area contributed by atoms with Crippen LogP contribution in [0, 0.1) is 0 Å². The third-order valence-corrected chi connectivity index (χ3v) is 2.53. The van der Waals surface area contributed by atoms with Crippen molar-refractivity contribution in [3.8, 4) is 0 Å². The Balaban J connectivity index is 2.40. The van der Waals surface area contributed by atoms with Gasteiger partial charge in [-0.3, -0.25) is 4.79 Å². The first-order chi connectivity index (χ1) is 7.26. The molecule has 0 aliphatic carbocycles. The van der Waals surface area contributed by atoms with E-state index in [9.17, 15) is 4.79 Å². The van der Waals surface area contributed by atoms with Crippen LogP contribution >= 0.6 is 11.6 Å². The Morgan fingerprint density at radius 3 is 2.80 bits per heavy atom. The van der Waals surface area contributed by atoms with Crippen LogP contribution in [0.2, 0.25) is 0 Å². The van der Waals surface area contributed by atoms with Gasteiger partial charge in [0.15, 0.2) is 0 Å². The Labute approximate surface area is 95.2 Å². The number of rotatable bonds is 5. The molecule has 0 unspecified atom stereocenters. The summed E-state index contributed by atoms with van der Waals surface area (Å²) in [6, 6.07) is 8.11. The highest BCUT2D eigenvalue weighted by molar-refractivity contribution is 6.17. The van der Waals surface area contributed by atoms with Gasteiger partial charge in [-0.15, -0.1) is 11.6 Å². The second kappa shape index (κ2) is 6.46. The predicted molar refractivity (Wildman–Crippen MR) is 61.0 cm³/mol. The van der Waals surface area contributed by atoms with Gasteiger partial charge in [0.2, 0.25) is 0 Å². The van der Waals surface area contributed by atoms with E-state index in [1.165, 1.54) is 12.7 Å². The second-order valence-corrected chi connectivity index (χ2v) is 3.65. The van der Waals surface area contributed by atoms with Crippen molar-refractivity contribution >= 4 is 17.6 Å². The predicted octanol–water partition coefficient (Wildman–Crippen LogP) is 2.92. The number of benzene rings is 1. The fraction of sp³-hybridized carbons (Fsp3) is 0.417. The third-order valence-electron chi connectivity index (χ3n) is 2.22. The molecule has 0 saturated carbocycles. The van der Waals surface area contributed by atoms with E-state index in [2.05, 4.69) is 10.8 Å². The van der Waals surface area contributed by atoms with Gasteiger partial charge in [-0.05, 0) is 24.0 Å². The summed E-state index contributed by atoms with van der Waals surface area (Å²) >= 11 is 5.73. The van der Waals surface area contributed by atoms with E-state index in [4.69, 9.17) is 11.6 Å². The number of hydrogen-bond acceptors (Lipinski definition) is 2. The van der Waals surface area contributed by atoms with E-state index >= 15 is 0 Å². The average Bonchev–Trinajstić information content (AvgIpc) is 2.29. The molecule has 2 nitrogen and oxygen atoms in total. The van der Waals surface area contributed by atoms with Crippen LogP contribution in [0.1, 0.15) is 24.0 Å². The number of alkyl halides is 1. The summed E-state index contributed by atoms with van der Waals surface area (Å²) in [6.45, 7) is 0. The number of halogens is 1. The summed E-state index contributed by atoms with van der Waals surface area (Å²) in [7, 11) is 1.41. The Morgan fingerprint density at radius 1 is 1.40 bits per heavy atom. The molecule has 0 N–H and O–H groups in total. The monoisotopic (exact) mass is 226 g/mol. The number of ether oxygens (including phenoxy) is 1. The van der Waals surface area contributed by atoms with E-state index in [0.29, 0.717) is 12.3 Å². The summed E-state index contributed by atoms with van der Waals surface area (Å²) < 4.78 is 4.57. The fourth-order valence-electron chi connectivity index (χ4n) is 1.41. The van der Waals surface area contributed by atoms with Crippen molar-refractivity contribution in [3.05, 3.63) is 35.4 Å². The number of methoxy groups -OCH3 is 1. The van der Waals surface area contributed by atoms with Crippen LogP contribution in [-0.4, -0.2) is 13.1 Å². The summed E-state index contributed by atoms with van der Waals surface area (Å²) in [5.41, 5.74) is 2.34. The number of aryl methyl sites for hydroxylation is 1. The molecule has 1 rings (SSSR count). The van der Waals surface area contributed by atoms with Crippen LogP contribution in [0.3, 0.4) is 0 Å². The van der Waals surface area contributed by atoms with Crippen LogP contribution in [0.15, 0.2) is 24.3 Å². The Morgan fingerprint density at radius 2 is 2.13 bits per heavy atom. The molecule has 0 amide bonds. The lowest BCUT2D eigenvalue weighted by atomic mass is 10.1. The highest BCUT2D eigenvalue weighted by Crippen LogP contribution is 2.10. The van der Waals surface area contributed by atoms with Crippen LogP contribution in [-0.2, 0) is 21.8 Å². The molecule has 1 aromatic carbocycles. The molecule has 82 valence electrons. The van der Waals surface area contributed by atoms with E-state index in [1.54, 1.807) is 0 Å². The van der Waals surface area contributed by atoms with Crippen molar-refractivity contribution < 1.29 is 9.53 Å². The fourth-order valence-corrected chi connectivity index (χ4v) is 1.57. The first-order valence-electron chi connectivity index (χ1n) is 4.97. The van der Waals surface area contributed by atoms with Crippen LogP contribution in [0.4, 0.5) is 0 Å². The van der Waals surface area contributed by atoms with Gasteiger partial charge in [0.25, 0.3) is 0 Å². The van der Waals surface area contributed by atoms with E-state index in [0.717, 1.165) is 18.4 Å². The molecule has 0 atom stereocenters. The molecule has 0 aliphatic rings. The Kier molecular flexibility index (Phi) is 5.19. The van der Waals surface area contributed by atoms with Crippen molar-refractivity contribution in [3.63, 3.8) is 0 Å². The standard InChI is InChI=1S/C12H15ClO2/c1-15-12(14)7-3-5-10-4-2-6-11(8-10)9-13/h2,4,6,8H,3,5,7,9H2,1H3. The first kappa shape index (κ1) is 12.1. The maximum Gasteiger partial charge on any atom is 0.305 e. The minimum atomic E-state index is -0.150. The summed E-state index contributed by atoms with van der Waals surface area (Å²) in [5.74, 6) is 0.383. The van der Waals surface area contributed by atoms with Crippen LogP contribution in [0.25, 0.3) is 0 Å². The highest BCUT2D eigenvalue weighted by atomic mass is 35.5. The molecule has 15 heavy (non-hydrogen) atoms. The molecule has 0 aliphatic heterocycles. The van der Waals surface area contributed by atoms with Crippen molar-refractivity contribution in [2.75, 3.05) is 7.11 Å². The minimum Gasteiger partial charge on any atom is -0.469 e. The lowest BCUT2D eigenvalue weighted by Gasteiger charge is -2.02. The lowest BCUT2D eigenvalue weighted by molar-refractivity contribution is -0.140. The van der Waals surface area contributed by atoms with Crippen molar-refractivity contribution in [1.29, 1.82) is 0 Å². The number of carbonyl (C=O) groups is 1. The molecule has 0 saturated heterocycles. The van der Waals surface area contributed by atoms with Gasteiger partial charge in [0.05, 0.1) is 7.11 Å².